The highest BCUT2D eigenvalue weighted by molar-refractivity contribution is 5.91. The van der Waals surface area contributed by atoms with Crippen LogP contribution in [-0.2, 0) is 4.79 Å². The van der Waals surface area contributed by atoms with Crippen LogP contribution in [0, 0.1) is 0 Å². The zero-order valence-corrected chi connectivity index (χ0v) is 9.30. The van der Waals surface area contributed by atoms with Gasteiger partial charge in [-0.25, -0.2) is 0 Å². The van der Waals surface area contributed by atoms with E-state index in [0.717, 1.165) is 31.5 Å². The highest BCUT2D eigenvalue weighted by atomic mass is 16.2. The van der Waals surface area contributed by atoms with Crippen molar-refractivity contribution in [2.75, 3.05) is 13.1 Å². The number of nitrogens with zero attached hydrogens (tertiary/aromatic N) is 2. The third-order valence-corrected chi connectivity index (χ3v) is 2.77. The topological polar surface area (TPSA) is 33.2 Å². The molecule has 1 aromatic heterocycles. The monoisotopic (exact) mass is 216 g/mol. The van der Waals surface area contributed by atoms with Gasteiger partial charge >= 0.3 is 0 Å². The standard InChI is InChI=1S/C13H16N2O/c16-13(15-9-2-1-3-10-15)7-6-12-5-4-8-14-11-12/h4-8,11H,1-3,9-10H2/b7-6+. The SMILES string of the molecule is O=C(/C=C/c1cccnc1)N1CCCCC1. The third-order valence-electron chi connectivity index (χ3n) is 2.77. The first-order valence-corrected chi connectivity index (χ1v) is 5.73. The third kappa shape index (κ3) is 2.92. The molecule has 3 nitrogen and oxygen atoms in total. The molecule has 0 spiro atoms. The predicted octanol–water partition coefficient (Wildman–Crippen LogP) is 2.11. The highest BCUT2D eigenvalue weighted by Gasteiger charge is 2.13. The van der Waals surface area contributed by atoms with Gasteiger partial charge in [-0.1, -0.05) is 6.07 Å². The number of likely N-dealkylation sites (tertiary alicyclic amines) is 1. The van der Waals surface area contributed by atoms with Crippen molar-refractivity contribution in [2.45, 2.75) is 19.3 Å². The predicted molar refractivity (Wildman–Crippen MR) is 63.7 cm³/mol. The van der Waals surface area contributed by atoms with Gasteiger partial charge in [-0.3, -0.25) is 9.78 Å². The lowest BCUT2D eigenvalue weighted by atomic mass is 10.1. The number of hydrogen-bond donors (Lipinski definition) is 0. The number of hydrogen-bond acceptors (Lipinski definition) is 2. The summed E-state index contributed by atoms with van der Waals surface area (Å²) in [5.41, 5.74) is 0.966. The number of carbonyl (C=O) groups excluding carboxylic acids is 1. The van der Waals surface area contributed by atoms with Gasteiger partial charge in [0.2, 0.25) is 5.91 Å². The fraction of sp³-hybridized carbons (Fsp3) is 0.385. The van der Waals surface area contributed by atoms with Crippen LogP contribution < -0.4 is 0 Å². The molecular formula is C13H16N2O. The Morgan fingerprint density at radius 1 is 1.31 bits per heavy atom. The molecule has 0 unspecified atom stereocenters. The first-order valence-electron chi connectivity index (χ1n) is 5.73. The average Bonchev–Trinajstić information content (AvgIpc) is 2.38. The molecule has 3 heteroatoms. The number of rotatable bonds is 2. The lowest BCUT2D eigenvalue weighted by molar-refractivity contribution is -0.126. The number of carbonyl (C=O) groups is 1. The van der Waals surface area contributed by atoms with Crippen molar-refractivity contribution < 1.29 is 4.79 Å². The van der Waals surface area contributed by atoms with Gasteiger partial charge in [0.25, 0.3) is 0 Å². The van der Waals surface area contributed by atoms with Crippen LogP contribution in [0.4, 0.5) is 0 Å². The second-order valence-corrected chi connectivity index (χ2v) is 4.01. The van der Waals surface area contributed by atoms with Crippen LogP contribution in [-0.4, -0.2) is 28.9 Å². The van der Waals surface area contributed by atoms with Crippen molar-refractivity contribution in [1.82, 2.24) is 9.88 Å². The lowest BCUT2D eigenvalue weighted by Gasteiger charge is -2.25. The summed E-state index contributed by atoms with van der Waals surface area (Å²) in [5, 5.41) is 0. The summed E-state index contributed by atoms with van der Waals surface area (Å²) in [7, 11) is 0. The summed E-state index contributed by atoms with van der Waals surface area (Å²) >= 11 is 0. The molecule has 0 radical (unpaired) electrons. The molecule has 1 aliphatic rings. The Balaban J connectivity index is 1.93. The van der Waals surface area contributed by atoms with Gasteiger partial charge in [0.1, 0.15) is 0 Å². The Bertz CT molecular complexity index is 367. The first-order chi connectivity index (χ1) is 7.86. The van der Waals surface area contributed by atoms with E-state index in [1.54, 1.807) is 18.5 Å². The van der Waals surface area contributed by atoms with Crippen LogP contribution in [0.1, 0.15) is 24.8 Å². The highest BCUT2D eigenvalue weighted by Crippen LogP contribution is 2.09. The van der Waals surface area contributed by atoms with E-state index in [4.69, 9.17) is 0 Å². The normalized spacial score (nSPS) is 16.6. The van der Waals surface area contributed by atoms with Crippen molar-refractivity contribution >= 4 is 12.0 Å². The van der Waals surface area contributed by atoms with Gasteiger partial charge in [0.05, 0.1) is 0 Å². The van der Waals surface area contributed by atoms with Gasteiger partial charge in [0, 0.05) is 31.6 Å². The summed E-state index contributed by atoms with van der Waals surface area (Å²) in [4.78, 5) is 17.7. The molecule has 2 rings (SSSR count). The molecule has 16 heavy (non-hydrogen) atoms. The Morgan fingerprint density at radius 2 is 2.12 bits per heavy atom. The molecule has 1 aromatic rings. The summed E-state index contributed by atoms with van der Waals surface area (Å²) < 4.78 is 0. The zero-order chi connectivity index (χ0) is 11.2. The minimum Gasteiger partial charge on any atom is -0.339 e. The van der Waals surface area contributed by atoms with Gasteiger partial charge in [0.15, 0.2) is 0 Å². The van der Waals surface area contributed by atoms with E-state index in [-0.39, 0.29) is 5.91 Å². The smallest absolute Gasteiger partial charge is 0.246 e. The van der Waals surface area contributed by atoms with Crippen LogP contribution in [0.2, 0.25) is 0 Å². The molecule has 0 aromatic carbocycles. The van der Waals surface area contributed by atoms with E-state index in [1.807, 2.05) is 23.1 Å². The Kier molecular flexibility index (Phi) is 3.70. The Labute approximate surface area is 95.8 Å². The first kappa shape index (κ1) is 10.9. The van der Waals surface area contributed by atoms with Gasteiger partial charge in [-0.15, -0.1) is 0 Å². The molecule has 1 saturated heterocycles. The number of pyridine rings is 1. The average molecular weight is 216 g/mol. The molecule has 0 bridgehead atoms. The van der Waals surface area contributed by atoms with E-state index >= 15 is 0 Å². The molecule has 0 aliphatic carbocycles. The molecule has 0 atom stereocenters. The van der Waals surface area contributed by atoms with Crippen molar-refractivity contribution in [1.29, 1.82) is 0 Å². The maximum atomic E-state index is 11.8. The minimum absolute atomic E-state index is 0.114. The Hall–Kier alpha value is -1.64. The quantitative estimate of drug-likeness (QED) is 0.709. The van der Waals surface area contributed by atoms with Crippen molar-refractivity contribution in [2.24, 2.45) is 0 Å². The fourth-order valence-electron chi connectivity index (χ4n) is 1.86. The molecule has 2 heterocycles. The van der Waals surface area contributed by atoms with E-state index in [9.17, 15) is 4.79 Å². The number of amides is 1. The van der Waals surface area contributed by atoms with Crippen LogP contribution >= 0.6 is 0 Å². The summed E-state index contributed by atoms with van der Waals surface area (Å²) in [6.45, 7) is 1.80. The van der Waals surface area contributed by atoms with Crippen molar-refractivity contribution in [3.8, 4) is 0 Å². The number of piperidine rings is 1. The molecule has 1 fully saturated rings. The van der Waals surface area contributed by atoms with Gasteiger partial charge in [-0.2, -0.15) is 0 Å². The summed E-state index contributed by atoms with van der Waals surface area (Å²) in [6, 6.07) is 3.80. The summed E-state index contributed by atoms with van der Waals surface area (Å²) in [5.74, 6) is 0.114. The molecule has 1 amide bonds. The zero-order valence-electron chi connectivity index (χ0n) is 9.30. The molecule has 0 saturated carbocycles. The Morgan fingerprint density at radius 3 is 2.81 bits per heavy atom. The van der Waals surface area contributed by atoms with Gasteiger partial charge in [-0.05, 0) is 37.0 Å². The van der Waals surface area contributed by atoms with E-state index in [0.29, 0.717) is 0 Å². The van der Waals surface area contributed by atoms with E-state index in [1.165, 1.54) is 6.42 Å². The van der Waals surface area contributed by atoms with Crippen molar-refractivity contribution in [3.05, 3.63) is 36.2 Å². The maximum absolute atomic E-state index is 11.8. The van der Waals surface area contributed by atoms with Crippen LogP contribution in [0.15, 0.2) is 30.6 Å². The molecule has 84 valence electrons. The fourth-order valence-corrected chi connectivity index (χ4v) is 1.86. The van der Waals surface area contributed by atoms with E-state index < -0.39 is 0 Å². The van der Waals surface area contributed by atoms with Crippen LogP contribution in [0.5, 0.6) is 0 Å². The molecule has 0 N–H and O–H groups in total. The largest absolute Gasteiger partial charge is 0.339 e. The second-order valence-electron chi connectivity index (χ2n) is 4.01. The van der Waals surface area contributed by atoms with E-state index in [2.05, 4.69) is 4.98 Å². The maximum Gasteiger partial charge on any atom is 0.246 e. The lowest BCUT2D eigenvalue weighted by Crippen LogP contribution is -2.34. The van der Waals surface area contributed by atoms with Crippen LogP contribution in [0.25, 0.3) is 6.08 Å². The summed E-state index contributed by atoms with van der Waals surface area (Å²) in [6.07, 6.45) is 10.4. The van der Waals surface area contributed by atoms with Gasteiger partial charge < -0.3 is 4.90 Å². The molecule has 1 aliphatic heterocycles. The van der Waals surface area contributed by atoms with Crippen molar-refractivity contribution in [3.63, 3.8) is 0 Å². The minimum atomic E-state index is 0.114. The second kappa shape index (κ2) is 5.45. The van der Waals surface area contributed by atoms with Crippen LogP contribution in [0.3, 0.4) is 0 Å². The molecular weight excluding hydrogens is 200 g/mol. The number of aromatic nitrogens is 1.